The van der Waals surface area contributed by atoms with Gasteiger partial charge in [0, 0.05) is 18.0 Å². The molecule has 0 atom stereocenters. The highest BCUT2D eigenvalue weighted by atomic mass is 16.1. The molecule has 3 rings (SSSR count). The quantitative estimate of drug-likeness (QED) is 0.756. The maximum Gasteiger partial charge on any atom is 0.254 e. The summed E-state index contributed by atoms with van der Waals surface area (Å²) in [6.07, 6.45) is 3.49. The summed E-state index contributed by atoms with van der Waals surface area (Å²) in [5, 5.41) is 6.99. The second-order valence-corrected chi connectivity index (χ2v) is 4.82. The first-order valence-corrected chi connectivity index (χ1v) is 7.26. The number of amides is 1. The van der Waals surface area contributed by atoms with E-state index in [0.29, 0.717) is 12.1 Å². The SMILES string of the molecule is O=C(NCC#Cc1ccccc1)c1ccccc1-n1cccn1. The molecule has 4 nitrogen and oxygen atoms in total. The zero-order valence-corrected chi connectivity index (χ0v) is 12.4. The van der Waals surface area contributed by atoms with E-state index < -0.39 is 0 Å². The summed E-state index contributed by atoms with van der Waals surface area (Å²) < 4.78 is 1.67. The number of carbonyl (C=O) groups excluding carboxylic acids is 1. The zero-order valence-electron chi connectivity index (χ0n) is 12.4. The second kappa shape index (κ2) is 7.10. The fourth-order valence-electron chi connectivity index (χ4n) is 2.16. The van der Waals surface area contributed by atoms with Crippen molar-refractivity contribution < 1.29 is 4.79 Å². The van der Waals surface area contributed by atoms with Gasteiger partial charge >= 0.3 is 0 Å². The summed E-state index contributed by atoms with van der Waals surface area (Å²) in [4.78, 5) is 12.4. The molecule has 112 valence electrons. The van der Waals surface area contributed by atoms with Crippen LogP contribution < -0.4 is 5.32 Å². The van der Waals surface area contributed by atoms with Gasteiger partial charge in [-0.3, -0.25) is 4.79 Å². The Morgan fingerprint density at radius 1 is 1.04 bits per heavy atom. The van der Waals surface area contributed by atoms with Crippen LogP contribution in [0.1, 0.15) is 15.9 Å². The molecule has 4 heteroatoms. The summed E-state index contributed by atoms with van der Waals surface area (Å²) in [6, 6.07) is 18.8. The van der Waals surface area contributed by atoms with Crippen LogP contribution in [0.15, 0.2) is 73.1 Å². The molecule has 0 aliphatic rings. The molecule has 0 unspecified atom stereocenters. The number of nitrogens with one attached hydrogen (secondary N) is 1. The molecule has 0 saturated carbocycles. The molecule has 0 aliphatic carbocycles. The molecule has 0 radical (unpaired) electrons. The van der Waals surface area contributed by atoms with E-state index in [1.807, 2.05) is 54.6 Å². The van der Waals surface area contributed by atoms with Crippen LogP contribution in [0.2, 0.25) is 0 Å². The highest BCUT2D eigenvalue weighted by Crippen LogP contribution is 2.13. The van der Waals surface area contributed by atoms with Crippen molar-refractivity contribution in [3.05, 3.63) is 84.2 Å². The predicted molar refractivity (Wildman–Crippen MR) is 89.2 cm³/mol. The molecule has 0 aliphatic heterocycles. The van der Waals surface area contributed by atoms with Crippen molar-refractivity contribution in [1.29, 1.82) is 0 Å². The van der Waals surface area contributed by atoms with E-state index in [0.717, 1.165) is 11.3 Å². The first-order valence-electron chi connectivity index (χ1n) is 7.26. The molecule has 0 bridgehead atoms. The Hall–Kier alpha value is -3.32. The molecule has 0 spiro atoms. The predicted octanol–water partition coefficient (Wildman–Crippen LogP) is 2.65. The Morgan fingerprint density at radius 3 is 2.61 bits per heavy atom. The van der Waals surface area contributed by atoms with Gasteiger partial charge in [0.25, 0.3) is 5.91 Å². The van der Waals surface area contributed by atoms with Crippen molar-refractivity contribution in [3.63, 3.8) is 0 Å². The average molecular weight is 301 g/mol. The van der Waals surface area contributed by atoms with Crippen LogP contribution in [0, 0.1) is 11.8 Å². The van der Waals surface area contributed by atoms with Crippen LogP contribution in [0.25, 0.3) is 5.69 Å². The Labute approximate surface area is 134 Å². The van der Waals surface area contributed by atoms with Gasteiger partial charge in [-0.05, 0) is 30.3 Å². The third kappa shape index (κ3) is 3.66. The van der Waals surface area contributed by atoms with Crippen molar-refractivity contribution in [2.75, 3.05) is 6.54 Å². The number of nitrogens with zero attached hydrogens (tertiary/aromatic N) is 2. The van der Waals surface area contributed by atoms with E-state index in [1.54, 1.807) is 23.1 Å². The maximum atomic E-state index is 12.4. The molecule has 0 fully saturated rings. The maximum absolute atomic E-state index is 12.4. The lowest BCUT2D eigenvalue weighted by Gasteiger charge is -2.08. The monoisotopic (exact) mass is 301 g/mol. The molecule has 23 heavy (non-hydrogen) atoms. The van der Waals surface area contributed by atoms with Gasteiger partial charge in [-0.2, -0.15) is 5.10 Å². The molecule has 1 amide bonds. The fraction of sp³-hybridized carbons (Fsp3) is 0.0526. The van der Waals surface area contributed by atoms with Gasteiger partial charge in [-0.15, -0.1) is 0 Å². The number of para-hydroxylation sites is 1. The van der Waals surface area contributed by atoms with E-state index in [-0.39, 0.29) is 5.91 Å². The number of aromatic nitrogens is 2. The van der Waals surface area contributed by atoms with E-state index in [2.05, 4.69) is 22.3 Å². The normalized spacial score (nSPS) is 9.74. The summed E-state index contributed by atoms with van der Waals surface area (Å²) in [5.74, 6) is 5.80. The Bertz CT molecular complexity index is 843. The van der Waals surface area contributed by atoms with Gasteiger partial charge in [0.2, 0.25) is 0 Å². The van der Waals surface area contributed by atoms with E-state index in [4.69, 9.17) is 0 Å². The highest BCUT2D eigenvalue weighted by Gasteiger charge is 2.11. The summed E-state index contributed by atoms with van der Waals surface area (Å²) in [6.45, 7) is 0.293. The lowest BCUT2D eigenvalue weighted by molar-refractivity contribution is 0.0958. The molecule has 1 N–H and O–H groups in total. The standard InChI is InChI=1S/C19H15N3O/c23-19(20-13-6-10-16-8-2-1-3-9-16)17-11-4-5-12-18(17)22-15-7-14-21-22/h1-5,7-9,11-12,14-15H,13H2,(H,20,23). The van der Waals surface area contributed by atoms with Gasteiger partial charge < -0.3 is 5.32 Å². The van der Waals surface area contributed by atoms with Crippen LogP contribution >= 0.6 is 0 Å². The fourth-order valence-corrected chi connectivity index (χ4v) is 2.16. The Kier molecular flexibility index (Phi) is 4.51. The largest absolute Gasteiger partial charge is 0.341 e. The molecule has 1 aromatic heterocycles. The van der Waals surface area contributed by atoms with Crippen LogP contribution in [0.4, 0.5) is 0 Å². The smallest absolute Gasteiger partial charge is 0.254 e. The van der Waals surface area contributed by atoms with Crippen LogP contribution in [0.5, 0.6) is 0 Å². The molecular weight excluding hydrogens is 286 g/mol. The summed E-state index contributed by atoms with van der Waals surface area (Å²) in [5.41, 5.74) is 2.24. The molecule has 2 aromatic carbocycles. The van der Waals surface area contributed by atoms with Crippen LogP contribution in [-0.2, 0) is 0 Å². The van der Waals surface area contributed by atoms with Crippen LogP contribution in [-0.4, -0.2) is 22.2 Å². The van der Waals surface area contributed by atoms with Crippen molar-refractivity contribution in [2.45, 2.75) is 0 Å². The number of hydrogen-bond acceptors (Lipinski definition) is 2. The minimum Gasteiger partial charge on any atom is -0.341 e. The highest BCUT2D eigenvalue weighted by molar-refractivity contribution is 5.97. The van der Waals surface area contributed by atoms with Crippen LogP contribution in [0.3, 0.4) is 0 Å². The van der Waals surface area contributed by atoms with Gasteiger partial charge in [-0.1, -0.05) is 42.2 Å². The van der Waals surface area contributed by atoms with Gasteiger partial charge in [0.1, 0.15) is 0 Å². The second-order valence-electron chi connectivity index (χ2n) is 4.82. The lowest BCUT2D eigenvalue weighted by Crippen LogP contribution is -2.25. The first-order chi connectivity index (χ1) is 11.3. The number of carbonyl (C=O) groups is 1. The topological polar surface area (TPSA) is 46.9 Å². The van der Waals surface area contributed by atoms with Crippen molar-refractivity contribution in [2.24, 2.45) is 0 Å². The average Bonchev–Trinajstić information content (AvgIpc) is 3.14. The molecular formula is C19H15N3O. The van der Waals surface area contributed by atoms with Crippen molar-refractivity contribution in [3.8, 4) is 17.5 Å². The third-order valence-corrected chi connectivity index (χ3v) is 3.24. The van der Waals surface area contributed by atoms with Crippen molar-refractivity contribution >= 4 is 5.91 Å². The van der Waals surface area contributed by atoms with E-state index in [1.165, 1.54) is 0 Å². The van der Waals surface area contributed by atoms with E-state index >= 15 is 0 Å². The summed E-state index contributed by atoms with van der Waals surface area (Å²) >= 11 is 0. The number of rotatable bonds is 3. The third-order valence-electron chi connectivity index (χ3n) is 3.24. The first kappa shape index (κ1) is 14.6. The molecule has 0 saturated heterocycles. The minimum absolute atomic E-state index is 0.168. The van der Waals surface area contributed by atoms with Crippen molar-refractivity contribution in [1.82, 2.24) is 15.1 Å². The summed E-state index contributed by atoms with van der Waals surface area (Å²) in [7, 11) is 0. The molecule has 3 aromatic rings. The van der Waals surface area contributed by atoms with Gasteiger partial charge in [0.05, 0.1) is 17.8 Å². The zero-order chi connectivity index (χ0) is 15.9. The van der Waals surface area contributed by atoms with Gasteiger partial charge in [0.15, 0.2) is 0 Å². The Morgan fingerprint density at radius 2 is 1.83 bits per heavy atom. The minimum atomic E-state index is -0.168. The van der Waals surface area contributed by atoms with E-state index in [9.17, 15) is 4.79 Å². The van der Waals surface area contributed by atoms with Gasteiger partial charge in [-0.25, -0.2) is 4.68 Å². The number of hydrogen-bond donors (Lipinski definition) is 1. The Balaban J connectivity index is 1.69. The lowest BCUT2D eigenvalue weighted by atomic mass is 10.1. The number of benzene rings is 2. The molecule has 1 heterocycles.